The van der Waals surface area contributed by atoms with Crippen LogP contribution in [0.2, 0.25) is 5.04 Å². The molecule has 3 aromatic carbocycles. The van der Waals surface area contributed by atoms with Gasteiger partial charge < -0.3 is 9.41 Å². The molecule has 8 nitrogen and oxygen atoms in total. The van der Waals surface area contributed by atoms with Crippen LogP contribution >= 0.6 is 0 Å². The van der Waals surface area contributed by atoms with Gasteiger partial charge in [-0.15, -0.1) is 0 Å². The summed E-state index contributed by atoms with van der Waals surface area (Å²) < 4.78 is 25.1. The van der Waals surface area contributed by atoms with E-state index < -0.39 is 14.1 Å². The molecule has 7 aromatic rings. The second-order valence-corrected chi connectivity index (χ2v) is 17.7. The average Bonchev–Trinajstić information content (AvgIpc) is 3.66. The molecule has 0 bridgehead atoms. The number of H-pyrrole nitrogens is 1. The summed E-state index contributed by atoms with van der Waals surface area (Å²) in [5, 5.41) is 2.28. The van der Waals surface area contributed by atoms with Crippen LogP contribution < -0.4 is 16.1 Å². The van der Waals surface area contributed by atoms with E-state index in [2.05, 4.69) is 109 Å². The third-order valence-electron chi connectivity index (χ3n) is 9.61. The van der Waals surface area contributed by atoms with Crippen LogP contribution in [0.1, 0.15) is 56.9 Å². The first kappa shape index (κ1) is 30.2. The zero-order valence-electron chi connectivity index (χ0n) is 27.0. The number of pyridine rings is 1. The Balaban J connectivity index is 1.24. The maximum absolute atomic E-state index is 14.2. The molecule has 0 saturated carbocycles. The Labute approximate surface area is 278 Å². The fourth-order valence-electron chi connectivity index (χ4n) is 7.47. The Morgan fingerprint density at radius 3 is 2.19 bits per heavy atom. The minimum atomic E-state index is -2.84. The van der Waals surface area contributed by atoms with E-state index in [0.717, 1.165) is 17.5 Å². The second-order valence-electron chi connectivity index (χ2n) is 13.4. The summed E-state index contributed by atoms with van der Waals surface area (Å²) in [6, 6.07) is 32.3. The molecule has 10 heteroatoms. The summed E-state index contributed by atoms with van der Waals surface area (Å²) in [6.45, 7) is 6.87. The summed E-state index contributed by atoms with van der Waals surface area (Å²) in [5.41, 5.74) is 3.99. The number of hydrogen-bond donors (Lipinski definition) is 1. The predicted molar refractivity (Wildman–Crippen MR) is 188 cm³/mol. The molecule has 4 aromatic heterocycles. The lowest BCUT2D eigenvalue weighted by Gasteiger charge is -2.46. The minimum absolute atomic E-state index is 0.177. The van der Waals surface area contributed by atoms with Gasteiger partial charge in [0.15, 0.2) is 11.5 Å². The number of aromatic nitrogens is 6. The van der Waals surface area contributed by atoms with Crippen molar-refractivity contribution in [3.05, 3.63) is 143 Å². The number of aromatic amines is 1. The summed E-state index contributed by atoms with van der Waals surface area (Å²) in [4.78, 5) is 30.4. The molecule has 8 rings (SSSR count). The first-order chi connectivity index (χ1) is 23.2. The van der Waals surface area contributed by atoms with Crippen LogP contribution in [0.4, 0.5) is 4.39 Å². The van der Waals surface area contributed by atoms with E-state index in [0.29, 0.717) is 34.8 Å². The van der Waals surface area contributed by atoms with Crippen molar-refractivity contribution in [3.8, 4) is 11.5 Å². The molecule has 0 fully saturated rings. The normalized spacial score (nSPS) is 16.8. The number of nitrogens with zero attached hydrogens (tertiary/aromatic N) is 5. The van der Waals surface area contributed by atoms with Crippen molar-refractivity contribution in [1.82, 2.24) is 28.9 Å². The lowest BCUT2D eigenvalue weighted by Crippen LogP contribution is -2.67. The van der Waals surface area contributed by atoms with Crippen molar-refractivity contribution in [3.63, 3.8) is 0 Å². The Morgan fingerprint density at radius 1 is 0.833 bits per heavy atom. The summed E-state index contributed by atoms with van der Waals surface area (Å²) in [6.07, 6.45) is 5.80. The average molecular weight is 655 g/mol. The highest BCUT2D eigenvalue weighted by molar-refractivity contribution is 6.99. The number of halogens is 1. The fraction of sp³-hybridized carbons (Fsp3) is 0.211. The topological polar surface area (TPSA) is 90.1 Å². The molecule has 1 N–H and O–H groups in total. The van der Waals surface area contributed by atoms with Gasteiger partial charge >= 0.3 is 5.69 Å². The minimum Gasteiger partial charge on any atom is -0.400 e. The molecule has 0 aliphatic heterocycles. The van der Waals surface area contributed by atoms with Crippen molar-refractivity contribution < 1.29 is 8.82 Å². The molecule has 1 aliphatic carbocycles. The number of benzene rings is 3. The number of fused-ring (bicyclic) bond motifs is 3. The highest BCUT2D eigenvalue weighted by Crippen LogP contribution is 2.46. The van der Waals surface area contributed by atoms with Crippen LogP contribution in [-0.4, -0.2) is 37.2 Å². The van der Waals surface area contributed by atoms with E-state index in [1.807, 2.05) is 12.1 Å². The largest absolute Gasteiger partial charge is 0.400 e. The zero-order chi connectivity index (χ0) is 33.0. The molecular weight excluding hydrogens is 620 g/mol. The van der Waals surface area contributed by atoms with Gasteiger partial charge in [-0.3, -0.25) is 8.97 Å². The van der Waals surface area contributed by atoms with Crippen molar-refractivity contribution in [1.29, 1.82) is 0 Å². The van der Waals surface area contributed by atoms with E-state index in [-0.39, 0.29) is 22.9 Å². The molecule has 4 heterocycles. The highest BCUT2D eigenvalue weighted by atomic mass is 28.4. The monoisotopic (exact) mass is 654 g/mol. The number of nitrogens with one attached hydrogen (secondary N) is 1. The van der Waals surface area contributed by atoms with Gasteiger partial charge in [-0.25, -0.2) is 24.1 Å². The first-order valence-corrected chi connectivity index (χ1v) is 18.1. The molecule has 2 atom stereocenters. The zero-order valence-corrected chi connectivity index (χ0v) is 28.0. The number of hydrogen-bond acceptors (Lipinski definition) is 5. The SMILES string of the molecule is CC(C)(C)[Si](O[C@@H]1CC[C@@H](n2c(=O)[nH]c3cnc(-c4cnc5ccc(F)cn45)nc32)c2ccccc21)(c1ccccc1)c1ccccc1. The molecular formula is C38H35FN6O2Si. The fourth-order valence-corrected chi connectivity index (χ4v) is 12.2. The van der Waals surface area contributed by atoms with Crippen molar-refractivity contribution >= 4 is 35.5 Å². The molecule has 0 amide bonds. The van der Waals surface area contributed by atoms with Gasteiger partial charge in [0.1, 0.15) is 22.7 Å². The standard InChI is InChI=1S/C38H35FN6O2Si/c1-38(2,3)48(26-12-6-4-7-13-26,27-14-8-5-9-15-27)47-33-20-19-31(28-16-10-11-17-29(28)33)45-36-30(42-37(45)46)22-41-35(43-36)32-23-40-34-21-18-25(39)24-44(32)34/h4-18,21-24,31,33H,19-20H2,1-3H3,(H,42,46)/t31-,33-/m1/s1. The molecule has 0 radical (unpaired) electrons. The smallest absolute Gasteiger partial charge is 0.328 e. The van der Waals surface area contributed by atoms with Gasteiger partial charge in [0, 0.05) is 6.20 Å². The molecule has 240 valence electrons. The van der Waals surface area contributed by atoms with E-state index in [4.69, 9.17) is 9.41 Å². The van der Waals surface area contributed by atoms with Crippen LogP contribution in [0, 0.1) is 5.82 Å². The van der Waals surface area contributed by atoms with Crippen LogP contribution in [-0.2, 0) is 4.43 Å². The highest BCUT2D eigenvalue weighted by Gasteiger charge is 2.52. The Kier molecular flexibility index (Phi) is 7.23. The maximum atomic E-state index is 14.2. The first-order valence-electron chi connectivity index (χ1n) is 16.2. The Hall–Kier alpha value is -5.19. The quantitative estimate of drug-likeness (QED) is 0.205. The molecule has 0 spiro atoms. The molecule has 48 heavy (non-hydrogen) atoms. The lowest BCUT2D eigenvalue weighted by molar-refractivity contribution is 0.160. The van der Waals surface area contributed by atoms with E-state index in [1.165, 1.54) is 22.6 Å². The van der Waals surface area contributed by atoms with E-state index in [9.17, 15) is 9.18 Å². The van der Waals surface area contributed by atoms with Crippen LogP contribution in [0.25, 0.3) is 28.3 Å². The van der Waals surface area contributed by atoms with Gasteiger partial charge in [-0.1, -0.05) is 106 Å². The second kappa shape index (κ2) is 11.5. The van der Waals surface area contributed by atoms with Gasteiger partial charge in [0.05, 0.1) is 24.5 Å². The van der Waals surface area contributed by atoms with Crippen molar-refractivity contribution in [2.45, 2.75) is 50.8 Å². The lowest BCUT2D eigenvalue weighted by atomic mass is 9.85. The summed E-state index contributed by atoms with van der Waals surface area (Å²) in [5.74, 6) is -0.0413. The predicted octanol–water partition coefficient (Wildman–Crippen LogP) is 6.57. The van der Waals surface area contributed by atoms with Gasteiger partial charge in [-0.2, -0.15) is 0 Å². The van der Waals surface area contributed by atoms with Gasteiger partial charge in [0.25, 0.3) is 8.32 Å². The van der Waals surface area contributed by atoms with Gasteiger partial charge in [-0.05, 0) is 51.5 Å². The van der Waals surface area contributed by atoms with Crippen molar-refractivity contribution in [2.75, 3.05) is 0 Å². The van der Waals surface area contributed by atoms with Crippen molar-refractivity contribution in [2.24, 2.45) is 0 Å². The third-order valence-corrected chi connectivity index (χ3v) is 14.7. The van der Waals surface area contributed by atoms with Crippen LogP contribution in [0.5, 0.6) is 0 Å². The molecule has 1 aliphatic rings. The number of rotatable bonds is 6. The van der Waals surface area contributed by atoms with Crippen LogP contribution in [0.15, 0.2) is 120 Å². The molecule has 0 unspecified atom stereocenters. The van der Waals surface area contributed by atoms with Crippen LogP contribution in [0.3, 0.4) is 0 Å². The van der Waals surface area contributed by atoms with Gasteiger partial charge in [0.2, 0.25) is 0 Å². The summed E-state index contributed by atoms with van der Waals surface area (Å²) in [7, 11) is -2.84. The molecule has 0 saturated heterocycles. The Bertz CT molecular complexity index is 2290. The number of imidazole rings is 2. The Morgan fingerprint density at radius 2 is 1.50 bits per heavy atom. The summed E-state index contributed by atoms with van der Waals surface area (Å²) >= 11 is 0. The van der Waals surface area contributed by atoms with E-state index in [1.54, 1.807) is 27.4 Å². The third kappa shape index (κ3) is 4.82. The van der Waals surface area contributed by atoms with E-state index >= 15 is 0 Å². The maximum Gasteiger partial charge on any atom is 0.328 e.